The second-order valence-electron chi connectivity index (χ2n) is 6.01. The van der Waals surface area contributed by atoms with Gasteiger partial charge in [0.15, 0.2) is 0 Å². The normalized spacial score (nSPS) is 22.9. The number of rotatable bonds is 5. The number of hydrogen-bond acceptors (Lipinski definition) is 2. The van der Waals surface area contributed by atoms with Crippen molar-refractivity contribution in [2.24, 2.45) is 17.6 Å². The predicted octanol–water partition coefficient (Wildman–Crippen LogP) is 3.27. The molecule has 0 aromatic heterocycles. The van der Waals surface area contributed by atoms with Gasteiger partial charge in [-0.05, 0) is 62.7 Å². The molecule has 1 aliphatic rings. The SMILES string of the molecule is CC(CCN)C1CCCN(Cc2ccccc2)CC1. The molecule has 1 aromatic rings. The zero-order valence-electron chi connectivity index (χ0n) is 12.2. The smallest absolute Gasteiger partial charge is 0.0233 e. The molecule has 2 heteroatoms. The van der Waals surface area contributed by atoms with Gasteiger partial charge in [-0.1, -0.05) is 37.3 Å². The van der Waals surface area contributed by atoms with Crippen molar-refractivity contribution in [2.75, 3.05) is 19.6 Å². The van der Waals surface area contributed by atoms with Gasteiger partial charge >= 0.3 is 0 Å². The van der Waals surface area contributed by atoms with E-state index < -0.39 is 0 Å². The molecule has 2 atom stereocenters. The van der Waals surface area contributed by atoms with Crippen molar-refractivity contribution in [3.05, 3.63) is 35.9 Å². The Morgan fingerprint density at radius 1 is 1.21 bits per heavy atom. The minimum absolute atomic E-state index is 0.793. The molecule has 19 heavy (non-hydrogen) atoms. The van der Waals surface area contributed by atoms with E-state index in [1.807, 2.05) is 0 Å². The Morgan fingerprint density at radius 3 is 2.74 bits per heavy atom. The van der Waals surface area contributed by atoms with Crippen LogP contribution in [0.25, 0.3) is 0 Å². The Labute approximate surface area is 118 Å². The Balaban J connectivity index is 1.83. The van der Waals surface area contributed by atoms with E-state index in [9.17, 15) is 0 Å². The van der Waals surface area contributed by atoms with Crippen LogP contribution in [0.3, 0.4) is 0 Å². The third-order valence-corrected chi connectivity index (χ3v) is 4.54. The van der Waals surface area contributed by atoms with Crippen LogP contribution < -0.4 is 5.73 Å². The molecule has 106 valence electrons. The van der Waals surface area contributed by atoms with Crippen molar-refractivity contribution in [3.63, 3.8) is 0 Å². The molecule has 1 aromatic carbocycles. The lowest BCUT2D eigenvalue weighted by molar-refractivity contribution is 0.258. The van der Waals surface area contributed by atoms with Gasteiger partial charge < -0.3 is 5.73 Å². The van der Waals surface area contributed by atoms with Crippen molar-refractivity contribution in [3.8, 4) is 0 Å². The van der Waals surface area contributed by atoms with Crippen LogP contribution in [0, 0.1) is 11.8 Å². The number of benzene rings is 1. The first kappa shape index (κ1) is 14.5. The van der Waals surface area contributed by atoms with Crippen LogP contribution in [-0.4, -0.2) is 24.5 Å². The molecule has 0 spiro atoms. The second kappa shape index (κ2) is 7.66. The van der Waals surface area contributed by atoms with Crippen LogP contribution in [-0.2, 0) is 6.54 Å². The third kappa shape index (κ3) is 4.63. The quantitative estimate of drug-likeness (QED) is 0.880. The molecule has 0 radical (unpaired) electrons. The molecule has 0 aliphatic carbocycles. The third-order valence-electron chi connectivity index (χ3n) is 4.54. The Bertz CT molecular complexity index is 350. The van der Waals surface area contributed by atoms with E-state index in [1.165, 1.54) is 44.3 Å². The van der Waals surface area contributed by atoms with E-state index >= 15 is 0 Å². The second-order valence-corrected chi connectivity index (χ2v) is 6.01. The molecule has 2 rings (SSSR count). The fourth-order valence-electron chi connectivity index (χ4n) is 3.25. The summed E-state index contributed by atoms with van der Waals surface area (Å²) in [6.45, 7) is 6.82. The first-order valence-electron chi connectivity index (χ1n) is 7.76. The molecule has 2 N–H and O–H groups in total. The standard InChI is InChI=1S/C17H28N2/c1-15(9-11-18)17-8-5-12-19(13-10-17)14-16-6-3-2-4-7-16/h2-4,6-7,15,17H,5,8-14,18H2,1H3. The first-order chi connectivity index (χ1) is 9.29. The van der Waals surface area contributed by atoms with Crippen molar-refractivity contribution in [1.82, 2.24) is 4.90 Å². The summed E-state index contributed by atoms with van der Waals surface area (Å²) in [5, 5.41) is 0. The summed E-state index contributed by atoms with van der Waals surface area (Å²) in [6, 6.07) is 10.8. The maximum atomic E-state index is 5.69. The van der Waals surface area contributed by atoms with Gasteiger partial charge in [0.25, 0.3) is 0 Å². The number of likely N-dealkylation sites (tertiary alicyclic amines) is 1. The molecule has 0 saturated carbocycles. The van der Waals surface area contributed by atoms with Gasteiger partial charge in [0.1, 0.15) is 0 Å². The maximum Gasteiger partial charge on any atom is 0.0233 e. The summed E-state index contributed by atoms with van der Waals surface area (Å²) in [5.74, 6) is 1.67. The summed E-state index contributed by atoms with van der Waals surface area (Å²) in [7, 11) is 0. The van der Waals surface area contributed by atoms with Crippen LogP contribution in [0.4, 0.5) is 0 Å². The molecule has 1 heterocycles. The number of hydrogen-bond donors (Lipinski definition) is 1. The van der Waals surface area contributed by atoms with E-state index in [2.05, 4.69) is 42.2 Å². The van der Waals surface area contributed by atoms with Gasteiger partial charge in [0.05, 0.1) is 0 Å². The minimum Gasteiger partial charge on any atom is -0.330 e. The average molecular weight is 260 g/mol. The Kier molecular flexibility index (Phi) is 5.87. The fraction of sp³-hybridized carbons (Fsp3) is 0.647. The lowest BCUT2D eigenvalue weighted by Crippen LogP contribution is -2.24. The van der Waals surface area contributed by atoms with Gasteiger partial charge in [-0.15, -0.1) is 0 Å². The summed E-state index contributed by atoms with van der Waals surface area (Å²) < 4.78 is 0. The summed E-state index contributed by atoms with van der Waals surface area (Å²) in [4.78, 5) is 2.62. The Morgan fingerprint density at radius 2 is 2.00 bits per heavy atom. The fourth-order valence-corrected chi connectivity index (χ4v) is 3.25. The molecule has 0 bridgehead atoms. The summed E-state index contributed by atoms with van der Waals surface area (Å²) in [6.07, 6.45) is 5.25. The molecule has 1 fully saturated rings. The highest BCUT2D eigenvalue weighted by atomic mass is 15.1. The highest BCUT2D eigenvalue weighted by Gasteiger charge is 2.21. The molecule has 0 amide bonds. The molecule has 2 unspecified atom stereocenters. The largest absolute Gasteiger partial charge is 0.330 e. The van der Waals surface area contributed by atoms with E-state index in [0.29, 0.717) is 0 Å². The highest BCUT2D eigenvalue weighted by Crippen LogP contribution is 2.27. The van der Waals surface area contributed by atoms with Crippen LogP contribution in [0.5, 0.6) is 0 Å². The predicted molar refractivity (Wildman–Crippen MR) is 81.9 cm³/mol. The van der Waals surface area contributed by atoms with Crippen molar-refractivity contribution >= 4 is 0 Å². The molecule has 1 aliphatic heterocycles. The molecule has 1 saturated heterocycles. The van der Waals surface area contributed by atoms with E-state index in [1.54, 1.807) is 0 Å². The lowest BCUT2D eigenvalue weighted by atomic mass is 9.85. The maximum absolute atomic E-state index is 5.69. The van der Waals surface area contributed by atoms with E-state index in [-0.39, 0.29) is 0 Å². The van der Waals surface area contributed by atoms with Gasteiger partial charge in [0.2, 0.25) is 0 Å². The molecular formula is C17H28N2. The zero-order valence-corrected chi connectivity index (χ0v) is 12.2. The van der Waals surface area contributed by atoms with Crippen LogP contribution in [0.1, 0.15) is 38.2 Å². The minimum atomic E-state index is 0.793. The van der Waals surface area contributed by atoms with E-state index in [4.69, 9.17) is 5.73 Å². The van der Waals surface area contributed by atoms with Crippen molar-refractivity contribution in [2.45, 2.75) is 39.2 Å². The van der Waals surface area contributed by atoms with Crippen LogP contribution >= 0.6 is 0 Å². The highest BCUT2D eigenvalue weighted by molar-refractivity contribution is 5.14. The number of nitrogens with two attached hydrogens (primary N) is 1. The van der Waals surface area contributed by atoms with Gasteiger partial charge in [-0.25, -0.2) is 0 Å². The first-order valence-corrected chi connectivity index (χ1v) is 7.76. The molecular weight excluding hydrogens is 232 g/mol. The van der Waals surface area contributed by atoms with Crippen molar-refractivity contribution in [1.29, 1.82) is 0 Å². The Hall–Kier alpha value is -0.860. The van der Waals surface area contributed by atoms with Crippen molar-refractivity contribution < 1.29 is 0 Å². The molecule has 2 nitrogen and oxygen atoms in total. The zero-order chi connectivity index (χ0) is 13.5. The summed E-state index contributed by atoms with van der Waals surface area (Å²) >= 11 is 0. The van der Waals surface area contributed by atoms with Gasteiger partial charge in [-0.3, -0.25) is 4.90 Å². The van der Waals surface area contributed by atoms with E-state index in [0.717, 1.165) is 24.9 Å². The monoisotopic (exact) mass is 260 g/mol. The van der Waals surface area contributed by atoms with Crippen LogP contribution in [0.15, 0.2) is 30.3 Å². The number of nitrogens with zero attached hydrogens (tertiary/aromatic N) is 1. The lowest BCUT2D eigenvalue weighted by Gasteiger charge is -2.23. The topological polar surface area (TPSA) is 29.3 Å². The van der Waals surface area contributed by atoms with Gasteiger partial charge in [0, 0.05) is 6.54 Å². The average Bonchev–Trinajstić information content (AvgIpc) is 2.66. The summed E-state index contributed by atoms with van der Waals surface area (Å²) in [5.41, 5.74) is 7.13. The van der Waals surface area contributed by atoms with Crippen LogP contribution in [0.2, 0.25) is 0 Å². The van der Waals surface area contributed by atoms with Gasteiger partial charge in [-0.2, -0.15) is 0 Å².